The number of hydrogen-bond acceptors (Lipinski definition) is 4. The summed E-state index contributed by atoms with van der Waals surface area (Å²) in [6.07, 6.45) is -9.33. The van der Waals surface area contributed by atoms with Crippen molar-refractivity contribution in [3.05, 3.63) is 51.8 Å². The average Bonchev–Trinajstić information content (AvgIpc) is 3.21. The van der Waals surface area contributed by atoms with Gasteiger partial charge in [0.05, 0.1) is 28.4 Å². The van der Waals surface area contributed by atoms with E-state index in [-0.39, 0.29) is 27.9 Å². The van der Waals surface area contributed by atoms with E-state index in [1.165, 1.54) is 18.2 Å². The van der Waals surface area contributed by atoms with Crippen LogP contribution in [-0.4, -0.2) is 33.6 Å². The van der Waals surface area contributed by atoms with E-state index in [0.717, 1.165) is 19.9 Å². The lowest BCUT2D eigenvalue weighted by Gasteiger charge is -2.28. The van der Waals surface area contributed by atoms with Crippen LogP contribution in [0.5, 0.6) is 0 Å². The van der Waals surface area contributed by atoms with Gasteiger partial charge in [0.2, 0.25) is 0 Å². The Hall–Kier alpha value is -2.76. The molecule has 4 rings (SSSR count). The first-order chi connectivity index (χ1) is 14.8. The van der Waals surface area contributed by atoms with Crippen molar-refractivity contribution in [2.45, 2.75) is 43.3 Å². The summed E-state index contributed by atoms with van der Waals surface area (Å²) in [7, 11) is 0.960. The van der Waals surface area contributed by atoms with Crippen LogP contribution >= 0.6 is 11.6 Å². The van der Waals surface area contributed by atoms with E-state index in [9.17, 15) is 31.1 Å². The first-order valence-corrected chi connectivity index (χ1v) is 9.74. The van der Waals surface area contributed by atoms with E-state index >= 15 is 0 Å². The number of alkyl halides is 6. The Morgan fingerprint density at radius 2 is 1.91 bits per heavy atom. The second kappa shape index (κ2) is 7.39. The normalized spacial score (nSPS) is 21.3. The molecule has 6 nitrogen and oxygen atoms in total. The lowest BCUT2D eigenvalue weighted by Crippen LogP contribution is -2.44. The van der Waals surface area contributed by atoms with Crippen LogP contribution in [0.3, 0.4) is 0 Å². The number of nitrogens with zero attached hydrogens (tertiary/aromatic N) is 3. The van der Waals surface area contributed by atoms with Gasteiger partial charge in [0.15, 0.2) is 5.69 Å². The number of oxime groups is 1. The highest BCUT2D eigenvalue weighted by atomic mass is 35.5. The maximum atomic E-state index is 14.1. The van der Waals surface area contributed by atoms with Crippen molar-refractivity contribution in [1.82, 2.24) is 15.1 Å². The van der Waals surface area contributed by atoms with E-state index < -0.39 is 41.7 Å². The Bertz CT molecular complexity index is 1110. The number of carbonyl (C=O) groups excluding carboxylic acids is 1. The number of aryl methyl sites for hydroxylation is 1. The molecule has 2 aliphatic rings. The van der Waals surface area contributed by atoms with Crippen molar-refractivity contribution in [2.24, 2.45) is 12.2 Å². The van der Waals surface area contributed by atoms with Crippen molar-refractivity contribution in [2.75, 3.05) is 0 Å². The predicted octanol–water partition coefficient (Wildman–Crippen LogP) is 4.57. The van der Waals surface area contributed by atoms with Gasteiger partial charge in [-0.3, -0.25) is 9.48 Å². The standard InChI is InChI=1S/C19H15ClF6N4O2/c1-30-15(7-14(28-30)18(21,22)23)17(19(24,25)26)8-13(29-32-17)9-2-5-12(20)11(6-9)16(31)27-10-3-4-10/h2,5-7,10H,3-4,8H2,1H3,(H,27,31). The largest absolute Gasteiger partial charge is 0.437 e. The number of hydrogen-bond donors (Lipinski definition) is 1. The summed E-state index contributed by atoms with van der Waals surface area (Å²) in [4.78, 5) is 17.1. The second-order valence-electron chi connectivity index (χ2n) is 7.61. The number of carbonyl (C=O) groups is 1. The molecule has 1 atom stereocenters. The van der Waals surface area contributed by atoms with Crippen molar-refractivity contribution in [3.8, 4) is 0 Å². The van der Waals surface area contributed by atoms with Crippen LogP contribution in [0.15, 0.2) is 29.4 Å². The topological polar surface area (TPSA) is 68.5 Å². The molecular formula is C19H15ClF6N4O2. The molecule has 1 aromatic carbocycles. The van der Waals surface area contributed by atoms with Gasteiger partial charge in [-0.25, -0.2) is 0 Å². The highest BCUT2D eigenvalue weighted by Crippen LogP contribution is 2.49. The van der Waals surface area contributed by atoms with Gasteiger partial charge in [0.1, 0.15) is 0 Å². The van der Waals surface area contributed by atoms with Gasteiger partial charge in [0, 0.05) is 18.7 Å². The molecule has 1 amide bonds. The summed E-state index contributed by atoms with van der Waals surface area (Å²) < 4.78 is 81.8. The Morgan fingerprint density at radius 3 is 2.47 bits per heavy atom. The number of benzene rings is 1. The van der Waals surface area contributed by atoms with Crippen molar-refractivity contribution < 1.29 is 36.0 Å². The molecule has 0 saturated heterocycles. The third-order valence-corrected chi connectivity index (χ3v) is 5.56. The molecule has 1 N–H and O–H groups in total. The van der Waals surface area contributed by atoms with Crippen LogP contribution in [0.1, 0.15) is 46.6 Å². The molecule has 0 radical (unpaired) electrons. The fourth-order valence-electron chi connectivity index (χ4n) is 3.38. The number of nitrogens with one attached hydrogen (secondary N) is 1. The summed E-state index contributed by atoms with van der Waals surface area (Å²) in [5, 5.41) is 9.49. The molecule has 1 unspecified atom stereocenters. The molecule has 1 aliphatic heterocycles. The van der Waals surface area contributed by atoms with Gasteiger partial charge in [0.25, 0.3) is 11.5 Å². The number of aromatic nitrogens is 2. The van der Waals surface area contributed by atoms with Gasteiger partial charge in [-0.1, -0.05) is 22.8 Å². The number of rotatable bonds is 4. The van der Waals surface area contributed by atoms with E-state index in [1.807, 2.05) is 0 Å². The average molecular weight is 481 g/mol. The second-order valence-corrected chi connectivity index (χ2v) is 8.02. The minimum Gasteiger partial charge on any atom is -0.372 e. The predicted molar refractivity (Wildman–Crippen MR) is 100 cm³/mol. The number of halogens is 7. The fourth-order valence-corrected chi connectivity index (χ4v) is 3.58. The molecule has 1 aliphatic carbocycles. The van der Waals surface area contributed by atoms with Gasteiger partial charge in [-0.2, -0.15) is 31.4 Å². The smallest absolute Gasteiger partial charge is 0.372 e. The minimum atomic E-state index is -5.12. The van der Waals surface area contributed by atoms with Crippen LogP contribution in [0.2, 0.25) is 5.02 Å². The first-order valence-electron chi connectivity index (χ1n) is 9.36. The summed E-state index contributed by atoms with van der Waals surface area (Å²) in [6.45, 7) is 0. The van der Waals surface area contributed by atoms with Crippen LogP contribution < -0.4 is 5.32 Å². The highest BCUT2D eigenvalue weighted by molar-refractivity contribution is 6.34. The first kappa shape index (κ1) is 22.4. The van der Waals surface area contributed by atoms with Gasteiger partial charge in [-0.15, -0.1) is 0 Å². The molecule has 13 heteroatoms. The van der Waals surface area contributed by atoms with Crippen molar-refractivity contribution >= 4 is 23.2 Å². The molecule has 2 aromatic rings. The summed E-state index contributed by atoms with van der Waals surface area (Å²) >= 11 is 6.06. The quantitative estimate of drug-likeness (QED) is 0.652. The molecule has 32 heavy (non-hydrogen) atoms. The molecule has 1 saturated carbocycles. The summed E-state index contributed by atoms with van der Waals surface area (Å²) in [6, 6.07) is 4.29. The molecule has 0 bridgehead atoms. The Balaban J connectivity index is 1.69. The molecule has 1 fully saturated rings. The Morgan fingerprint density at radius 1 is 1.22 bits per heavy atom. The number of amides is 1. The SMILES string of the molecule is Cn1nc(C(F)(F)F)cc1C1(C(F)(F)F)CC(c2ccc(Cl)c(C(=O)NC3CC3)c2)=NO1. The summed E-state index contributed by atoms with van der Waals surface area (Å²) in [5.41, 5.74) is -5.54. The van der Waals surface area contributed by atoms with E-state index in [0.29, 0.717) is 10.7 Å². The Kier molecular flexibility index (Phi) is 5.18. The maximum Gasteiger partial charge on any atom is 0.437 e. The van der Waals surface area contributed by atoms with E-state index in [4.69, 9.17) is 16.4 Å². The lowest BCUT2D eigenvalue weighted by molar-refractivity contribution is -0.278. The zero-order valence-electron chi connectivity index (χ0n) is 16.3. The molecule has 1 aromatic heterocycles. The zero-order valence-corrected chi connectivity index (χ0v) is 17.1. The fraction of sp³-hybridized carbons (Fsp3) is 0.421. The lowest BCUT2D eigenvalue weighted by atomic mass is 9.89. The minimum absolute atomic E-state index is 0.0277. The van der Waals surface area contributed by atoms with E-state index in [1.54, 1.807) is 0 Å². The monoisotopic (exact) mass is 480 g/mol. The molecule has 0 spiro atoms. The van der Waals surface area contributed by atoms with Crippen LogP contribution in [0.4, 0.5) is 26.3 Å². The summed E-state index contributed by atoms with van der Waals surface area (Å²) in [5.74, 6) is -0.484. The molecule has 172 valence electrons. The van der Waals surface area contributed by atoms with Crippen LogP contribution in [-0.2, 0) is 23.7 Å². The highest BCUT2D eigenvalue weighted by Gasteiger charge is 2.64. The van der Waals surface area contributed by atoms with Crippen LogP contribution in [0.25, 0.3) is 0 Å². The third kappa shape index (κ3) is 3.91. The van der Waals surface area contributed by atoms with Crippen LogP contribution in [0, 0.1) is 0 Å². The maximum absolute atomic E-state index is 14.1. The third-order valence-electron chi connectivity index (χ3n) is 5.23. The zero-order chi connectivity index (χ0) is 23.5. The Labute approximate surface area is 182 Å². The molecular weight excluding hydrogens is 466 g/mol. The van der Waals surface area contributed by atoms with Gasteiger partial charge < -0.3 is 10.2 Å². The van der Waals surface area contributed by atoms with E-state index in [2.05, 4.69) is 15.6 Å². The van der Waals surface area contributed by atoms with Crippen molar-refractivity contribution in [3.63, 3.8) is 0 Å². The van der Waals surface area contributed by atoms with Crippen molar-refractivity contribution in [1.29, 1.82) is 0 Å². The van der Waals surface area contributed by atoms with Gasteiger partial charge >= 0.3 is 12.4 Å². The molecule has 2 heterocycles. The van der Waals surface area contributed by atoms with Gasteiger partial charge in [-0.05, 0) is 31.0 Å².